The van der Waals surface area contributed by atoms with Gasteiger partial charge in [0.1, 0.15) is 5.83 Å². The molecule has 2 aromatic carbocycles. The molecule has 11 nitrogen and oxygen atoms in total. The third-order valence-electron chi connectivity index (χ3n) is 15.2. The molecule has 4 heterocycles. The molecule has 14 heteroatoms. The lowest BCUT2D eigenvalue weighted by molar-refractivity contribution is -0.150. The Balaban J connectivity index is 0.853. The molecule has 4 aromatic rings. The maximum atomic E-state index is 15.9. The first-order chi connectivity index (χ1) is 29.7. The monoisotopic (exact) mass is 882 g/mol. The highest BCUT2D eigenvalue weighted by atomic mass is 35.5. The summed E-state index contributed by atoms with van der Waals surface area (Å²) in [6.45, 7) is 5.75. The number of fused-ring (bicyclic) bond motifs is 4. The van der Waals surface area contributed by atoms with Crippen LogP contribution in [0.15, 0.2) is 48.7 Å². The zero-order valence-electron chi connectivity index (χ0n) is 35.3. The molecule has 0 saturated heterocycles. The number of rotatable bonds is 11. The molecular weight excluding hydrogens is 830 g/mol. The van der Waals surface area contributed by atoms with Gasteiger partial charge in [0.25, 0.3) is 5.91 Å². The second-order valence-electron chi connectivity index (χ2n) is 18.9. The van der Waals surface area contributed by atoms with Gasteiger partial charge in [-0.15, -0.1) is 0 Å². The van der Waals surface area contributed by atoms with Crippen molar-refractivity contribution in [1.82, 2.24) is 24.3 Å². The second-order valence-corrected chi connectivity index (χ2v) is 19.7. The number of carbonyl (C=O) groups excluding carboxylic acids is 1. The summed E-state index contributed by atoms with van der Waals surface area (Å²) < 4.78 is 17.8. The third kappa shape index (κ3) is 7.86. The van der Waals surface area contributed by atoms with Crippen LogP contribution in [-0.2, 0) is 42.6 Å². The minimum absolute atomic E-state index is 0.123. The number of halogens is 3. The number of pyridine rings is 1. The largest absolute Gasteiger partial charge is 0.481 e. The Labute approximate surface area is 371 Å². The van der Waals surface area contributed by atoms with Crippen molar-refractivity contribution in [3.63, 3.8) is 0 Å². The number of carbonyl (C=O) groups is 3. The van der Waals surface area contributed by atoms with Gasteiger partial charge in [-0.2, -0.15) is 0 Å². The number of anilines is 1. The summed E-state index contributed by atoms with van der Waals surface area (Å²) in [4.78, 5) is 51.6. The van der Waals surface area contributed by atoms with E-state index in [1.54, 1.807) is 30.5 Å². The molecule has 326 valence electrons. The van der Waals surface area contributed by atoms with Crippen molar-refractivity contribution in [3.8, 4) is 11.1 Å². The van der Waals surface area contributed by atoms with E-state index >= 15 is 4.39 Å². The smallest absolute Gasteiger partial charge is 0.309 e. The molecule has 3 saturated carbocycles. The fourth-order valence-corrected chi connectivity index (χ4v) is 11.7. The van der Waals surface area contributed by atoms with Crippen molar-refractivity contribution in [2.45, 2.75) is 103 Å². The Bertz CT molecular complexity index is 2490. The highest BCUT2D eigenvalue weighted by molar-refractivity contribution is 6.39. The van der Waals surface area contributed by atoms with Crippen molar-refractivity contribution < 1.29 is 29.0 Å². The van der Waals surface area contributed by atoms with E-state index in [2.05, 4.69) is 20.1 Å². The minimum Gasteiger partial charge on any atom is -0.481 e. The molecular formula is C48H53Cl2FN6O5. The lowest BCUT2D eigenvalue weighted by Gasteiger charge is -2.41. The van der Waals surface area contributed by atoms with Crippen LogP contribution in [0.5, 0.6) is 0 Å². The lowest BCUT2D eigenvalue weighted by Crippen LogP contribution is -2.44. The van der Waals surface area contributed by atoms with Crippen LogP contribution in [0.2, 0.25) is 10.0 Å². The van der Waals surface area contributed by atoms with Crippen LogP contribution in [0, 0.1) is 16.2 Å². The van der Waals surface area contributed by atoms with E-state index in [1.807, 2.05) is 36.7 Å². The summed E-state index contributed by atoms with van der Waals surface area (Å²) in [6.07, 6.45) is 13.0. The third-order valence-corrected chi connectivity index (χ3v) is 16.1. The normalized spacial score (nSPS) is 26.3. The number of carboxylic acids is 2. The first kappa shape index (κ1) is 42.7. The Morgan fingerprint density at radius 2 is 1.65 bits per heavy atom. The zero-order chi connectivity index (χ0) is 43.6. The van der Waals surface area contributed by atoms with E-state index in [4.69, 9.17) is 28.2 Å². The topological polar surface area (TPSA) is 141 Å². The fraction of sp³-hybridized carbons (Fsp3) is 0.479. The minimum atomic E-state index is -0.718. The molecule has 0 spiro atoms. The van der Waals surface area contributed by atoms with Crippen molar-refractivity contribution in [2.75, 3.05) is 25.0 Å². The molecule has 0 radical (unpaired) electrons. The van der Waals surface area contributed by atoms with Crippen LogP contribution in [0.4, 0.5) is 10.1 Å². The average molecular weight is 884 g/mol. The first-order valence-corrected chi connectivity index (χ1v) is 22.6. The summed E-state index contributed by atoms with van der Waals surface area (Å²) in [5, 5.41) is 23.0. The Hall–Kier alpha value is -4.62. The standard InChI is InChI=1S/C48H53Cl2FN6O5/c1-46(44(59)60)13-9-32(10-14-46)57-21-11-29-24-37(52-25-31(29)26-57)35(51)23-30-5-3-6-33(40(30)49)34-7-4-8-36(41(34)50)54-43(58)42-53-38-27-56(20-12-39(38)55(42)2)22-19-47-15-17-48(28-47,18-16-47)45(61)62/h3-8,23-25,32H,9-22,26-28H2,1-2H3,(H,54,58)(H,59,60)(H,61,62)/b35-23-. The summed E-state index contributed by atoms with van der Waals surface area (Å²) in [7, 11) is 1.86. The number of carboxylic acid groups (broad SMARTS) is 2. The number of aliphatic carboxylic acids is 2. The molecule has 0 unspecified atom stereocenters. The van der Waals surface area contributed by atoms with Crippen LogP contribution < -0.4 is 5.32 Å². The van der Waals surface area contributed by atoms with E-state index in [-0.39, 0.29) is 27.9 Å². The number of nitrogens with one attached hydrogen (secondary N) is 1. The van der Waals surface area contributed by atoms with Crippen LogP contribution >= 0.6 is 23.2 Å². The van der Waals surface area contributed by atoms with Crippen molar-refractivity contribution in [3.05, 3.63) is 98.3 Å². The van der Waals surface area contributed by atoms with Crippen molar-refractivity contribution in [1.29, 1.82) is 0 Å². The highest BCUT2D eigenvalue weighted by Crippen LogP contribution is 2.63. The van der Waals surface area contributed by atoms with Gasteiger partial charge in [-0.3, -0.25) is 29.2 Å². The Morgan fingerprint density at radius 1 is 0.919 bits per heavy atom. The molecule has 9 rings (SSSR count). The van der Waals surface area contributed by atoms with Crippen LogP contribution in [0.1, 0.15) is 116 Å². The van der Waals surface area contributed by atoms with Gasteiger partial charge in [0, 0.05) is 68.7 Å². The molecule has 62 heavy (non-hydrogen) atoms. The van der Waals surface area contributed by atoms with Gasteiger partial charge in [-0.05, 0) is 124 Å². The van der Waals surface area contributed by atoms with Gasteiger partial charge in [-0.1, -0.05) is 53.5 Å². The quantitative estimate of drug-likeness (QED) is 0.134. The summed E-state index contributed by atoms with van der Waals surface area (Å²) in [5.74, 6) is -1.97. The van der Waals surface area contributed by atoms with Crippen LogP contribution in [0.3, 0.4) is 0 Å². The molecule has 2 aliphatic heterocycles. The fourth-order valence-electron chi connectivity index (χ4n) is 11.1. The van der Waals surface area contributed by atoms with Crippen LogP contribution in [-0.4, -0.2) is 78.1 Å². The molecule has 2 aromatic heterocycles. The molecule has 1 amide bonds. The zero-order valence-corrected chi connectivity index (χ0v) is 36.8. The molecule has 3 N–H and O–H groups in total. The molecule has 3 fully saturated rings. The van der Waals surface area contributed by atoms with E-state index in [0.29, 0.717) is 59.4 Å². The average Bonchev–Trinajstić information content (AvgIpc) is 3.95. The van der Waals surface area contributed by atoms with Crippen molar-refractivity contribution in [2.24, 2.45) is 23.3 Å². The number of aromatic nitrogens is 3. The van der Waals surface area contributed by atoms with Gasteiger partial charge in [0.2, 0.25) is 0 Å². The van der Waals surface area contributed by atoms with E-state index in [1.165, 1.54) is 6.08 Å². The Kier molecular flexibility index (Phi) is 11.4. The molecule has 3 aliphatic carbocycles. The molecule has 5 aliphatic rings. The summed E-state index contributed by atoms with van der Waals surface area (Å²) in [6, 6.07) is 12.8. The lowest BCUT2D eigenvalue weighted by atomic mass is 9.73. The highest BCUT2D eigenvalue weighted by Gasteiger charge is 2.57. The number of benzene rings is 2. The molecule has 0 atom stereocenters. The van der Waals surface area contributed by atoms with E-state index in [9.17, 15) is 24.6 Å². The van der Waals surface area contributed by atoms with Gasteiger partial charge in [0.15, 0.2) is 5.82 Å². The second kappa shape index (κ2) is 16.5. The van der Waals surface area contributed by atoms with Gasteiger partial charge in [-0.25, -0.2) is 9.37 Å². The number of nitrogens with zero attached hydrogens (tertiary/aromatic N) is 5. The Morgan fingerprint density at radius 3 is 2.35 bits per heavy atom. The van der Waals surface area contributed by atoms with E-state index < -0.39 is 28.6 Å². The summed E-state index contributed by atoms with van der Waals surface area (Å²) in [5.41, 5.74) is 5.20. The summed E-state index contributed by atoms with van der Waals surface area (Å²) >= 11 is 14.0. The van der Waals surface area contributed by atoms with Gasteiger partial charge < -0.3 is 20.1 Å². The maximum absolute atomic E-state index is 15.9. The predicted molar refractivity (Wildman–Crippen MR) is 238 cm³/mol. The van der Waals surface area contributed by atoms with E-state index in [0.717, 1.165) is 106 Å². The first-order valence-electron chi connectivity index (χ1n) is 21.9. The number of hydrogen-bond acceptors (Lipinski definition) is 7. The molecule has 2 bridgehead atoms. The van der Waals surface area contributed by atoms with Crippen LogP contribution in [0.25, 0.3) is 23.0 Å². The predicted octanol–water partition coefficient (Wildman–Crippen LogP) is 9.68. The van der Waals surface area contributed by atoms with Crippen molar-refractivity contribution >= 4 is 58.6 Å². The maximum Gasteiger partial charge on any atom is 0.309 e. The number of imidazole rings is 1. The van der Waals surface area contributed by atoms with Gasteiger partial charge >= 0.3 is 11.9 Å². The van der Waals surface area contributed by atoms with Gasteiger partial charge in [0.05, 0.1) is 38.0 Å². The SMILES string of the molecule is Cn1c(C(=O)Nc2cccc(-c3cccc(/C=C(\F)c4cc5c(cn4)CN(C4CCC(C)(C(=O)O)CC4)CC5)c3Cl)c2Cl)nc2c1CCN(CCC13CCC(C(=O)O)(CC1)C3)C2. The number of hydrogen-bond donors (Lipinski definition) is 3. The number of amides is 1.